The summed E-state index contributed by atoms with van der Waals surface area (Å²) in [5.74, 6) is 4.80. The number of pyridine rings is 1. The molecule has 0 spiro atoms. The van der Waals surface area contributed by atoms with Crippen molar-refractivity contribution in [2.75, 3.05) is 5.43 Å². The fourth-order valence-electron chi connectivity index (χ4n) is 1.21. The molecule has 1 heterocycles. The molecule has 0 aliphatic carbocycles. The van der Waals surface area contributed by atoms with Crippen molar-refractivity contribution in [3.8, 4) is 0 Å². The lowest BCUT2D eigenvalue weighted by atomic mass is 10.1. The molecule has 0 saturated heterocycles. The van der Waals surface area contributed by atoms with E-state index in [0.717, 1.165) is 0 Å². The molecule has 1 aromatic heterocycles. The Morgan fingerprint density at radius 2 is 2.19 bits per heavy atom. The summed E-state index contributed by atoms with van der Waals surface area (Å²) in [6.45, 7) is 0. The van der Waals surface area contributed by atoms with Crippen LogP contribution in [0.15, 0.2) is 18.2 Å². The minimum atomic E-state index is -1.28. The molecule has 0 bridgehead atoms. The Morgan fingerprint density at radius 1 is 1.50 bits per heavy atom. The number of hydrazine groups is 1. The number of hydrogen-bond donors (Lipinski definition) is 5. The number of nitrogens with two attached hydrogens (primary N) is 2. The Bertz CT molecular complexity index is 372. The lowest BCUT2D eigenvalue weighted by Crippen LogP contribution is -2.26. The molecule has 0 aliphatic heterocycles. The largest absolute Gasteiger partial charge is 0.389 e. The van der Waals surface area contributed by atoms with Crippen LogP contribution in [0.1, 0.15) is 18.2 Å². The van der Waals surface area contributed by atoms with Gasteiger partial charge in [0.15, 0.2) is 0 Å². The van der Waals surface area contributed by atoms with Gasteiger partial charge in [-0.15, -0.1) is 0 Å². The van der Waals surface area contributed by atoms with E-state index in [4.69, 9.17) is 11.6 Å². The number of nitrogens with zero attached hydrogens (tertiary/aromatic N) is 1. The van der Waals surface area contributed by atoms with E-state index >= 15 is 0 Å². The molecule has 0 aromatic carbocycles. The highest BCUT2D eigenvalue weighted by molar-refractivity contribution is 5.74. The van der Waals surface area contributed by atoms with Crippen LogP contribution in [0.25, 0.3) is 0 Å². The van der Waals surface area contributed by atoms with Crippen LogP contribution in [0.2, 0.25) is 0 Å². The van der Waals surface area contributed by atoms with E-state index in [1.54, 1.807) is 12.1 Å². The molecule has 88 valence electrons. The molecule has 7 nitrogen and oxygen atoms in total. The van der Waals surface area contributed by atoms with Gasteiger partial charge < -0.3 is 21.4 Å². The summed E-state index contributed by atoms with van der Waals surface area (Å²) in [6, 6.07) is 4.71. The van der Waals surface area contributed by atoms with Crippen molar-refractivity contribution >= 4 is 11.7 Å². The summed E-state index contributed by atoms with van der Waals surface area (Å²) in [7, 11) is 0. The molecule has 7 N–H and O–H groups in total. The zero-order valence-electron chi connectivity index (χ0n) is 8.50. The first-order chi connectivity index (χ1) is 7.54. The maximum absolute atomic E-state index is 10.6. The van der Waals surface area contributed by atoms with Crippen LogP contribution in [0, 0.1) is 0 Å². The number of aromatic nitrogens is 1. The summed E-state index contributed by atoms with van der Waals surface area (Å²) in [5.41, 5.74) is 7.42. The molecule has 1 rings (SSSR count). The normalized spacial score (nSPS) is 14.2. The maximum atomic E-state index is 10.6. The zero-order valence-corrected chi connectivity index (χ0v) is 8.50. The van der Waals surface area contributed by atoms with Crippen LogP contribution in [-0.4, -0.2) is 27.2 Å². The number of rotatable bonds is 5. The highest BCUT2D eigenvalue weighted by atomic mass is 16.3. The topological polar surface area (TPSA) is 134 Å². The molecule has 2 unspecified atom stereocenters. The molecular formula is C9H14N4O3. The standard InChI is InChI=1S/C9H14N4O3/c10-7(15)4-6(14)9(16)5-2-1-3-8(12-5)13-11/h1-3,6,9,14,16H,4,11H2,(H2,10,15)(H,12,13). The van der Waals surface area contributed by atoms with E-state index in [1.807, 2.05) is 0 Å². The van der Waals surface area contributed by atoms with Gasteiger partial charge in [0.25, 0.3) is 0 Å². The Kier molecular flexibility index (Phi) is 4.18. The lowest BCUT2D eigenvalue weighted by molar-refractivity contribution is -0.121. The van der Waals surface area contributed by atoms with Crippen LogP contribution in [0.4, 0.5) is 5.82 Å². The van der Waals surface area contributed by atoms with Crippen LogP contribution < -0.4 is 17.0 Å². The number of aliphatic hydroxyl groups excluding tert-OH is 2. The fourth-order valence-corrected chi connectivity index (χ4v) is 1.21. The second kappa shape index (κ2) is 5.40. The summed E-state index contributed by atoms with van der Waals surface area (Å²) < 4.78 is 0. The van der Waals surface area contributed by atoms with Gasteiger partial charge in [-0.1, -0.05) is 6.07 Å². The second-order valence-corrected chi connectivity index (χ2v) is 3.27. The van der Waals surface area contributed by atoms with Crippen LogP contribution in [-0.2, 0) is 4.79 Å². The van der Waals surface area contributed by atoms with Crippen molar-refractivity contribution in [1.29, 1.82) is 0 Å². The number of hydrogen-bond acceptors (Lipinski definition) is 6. The molecular weight excluding hydrogens is 212 g/mol. The van der Waals surface area contributed by atoms with E-state index in [1.165, 1.54) is 6.07 Å². The summed E-state index contributed by atoms with van der Waals surface area (Å²) >= 11 is 0. The van der Waals surface area contributed by atoms with Gasteiger partial charge in [0.05, 0.1) is 18.2 Å². The fraction of sp³-hybridized carbons (Fsp3) is 0.333. The highest BCUT2D eigenvalue weighted by Gasteiger charge is 2.21. The molecule has 0 aliphatic rings. The monoisotopic (exact) mass is 226 g/mol. The first kappa shape index (κ1) is 12.4. The summed E-state index contributed by atoms with van der Waals surface area (Å²) in [5, 5.41) is 19.1. The second-order valence-electron chi connectivity index (χ2n) is 3.27. The number of carbonyl (C=O) groups excluding carboxylic acids is 1. The number of nitrogen functional groups attached to an aromatic ring is 1. The number of anilines is 1. The van der Waals surface area contributed by atoms with Gasteiger partial charge in [-0.25, -0.2) is 10.8 Å². The molecule has 2 atom stereocenters. The third-order valence-corrected chi connectivity index (χ3v) is 2.00. The van der Waals surface area contributed by atoms with E-state index in [-0.39, 0.29) is 12.1 Å². The van der Waals surface area contributed by atoms with Crippen LogP contribution in [0.3, 0.4) is 0 Å². The summed E-state index contributed by atoms with van der Waals surface area (Å²) in [6.07, 6.45) is -2.89. The van der Waals surface area contributed by atoms with Crippen molar-refractivity contribution in [2.45, 2.75) is 18.6 Å². The van der Waals surface area contributed by atoms with Crippen LogP contribution in [0.5, 0.6) is 0 Å². The third kappa shape index (κ3) is 3.16. The van der Waals surface area contributed by atoms with Crippen molar-refractivity contribution in [2.24, 2.45) is 11.6 Å². The Labute approximate surface area is 92.1 Å². The minimum Gasteiger partial charge on any atom is -0.389 e. The Morgan fingerprint density at radius 3 is 2.75 bits per heavy atom. The molecule has 1 amide bonds. The lowest BCUT2D eigenvalue weighted by Gasteiger charge is -2.16. The SMILES string of the molecule is NNc1cccc(C(O)C(O)CC(N)=O)n1. The van der Waals surface area contributed by atoms with Crippen molar-refractivity contribution in [3.63, 3.8) is 0 Å². The predicted molar refractivity (Wildman–Crippen MR) is 56.8 cm³/mol. The molecule has 7 heteroatoms. The van der Waals surface area contributed by atoms with Gasteiger partial charge in [0, 0.05) is 0 Å². The maximum Gasteiger partial charge on any atom is 0.220 e. The molecule has 16 heavy (non-hydrogen) atoms. The summed E-state index contributed by atoms with van der Waals surface area (Å²) in [4.78, 5) is 14.5. The quantitative estimate of drug-likeness (QED) is 0.311. The van der Waals surface area contributed by atoms with E-state index in [2.05, 4.69) is 10.4 Å². The third-order valence-electron chi connectivity index (χ3n) is 2.00. The van der Waals surface area contributed by atoms with Gasteiger partial charge in [-0.05, 0) is 12.1 Å². The Balaban J connectivity index is 2.78. The molecule has 0 fully saturated rings. The van der Waals surface area contributed by atoms with E-state index in [0.29, 0.717) is 5.82 Å². The zero-order chi connectivity index (χ0) is 12.1. The average molecular weight is 226 g/mol. The number of amides is 1. The Hall–Kier alpha value is -1.70. The number of carbonyl (C=O) groups is 1. The predicted octanol–water partition coefficient (Wildman–Crippen LogP) is -1.36. The average Bonchev–Trinajstić information content (AvgIpc) is 2.27. The molecule has 1 aromatic rings. The van der Waals surface area contributed by atoms with Crippen molar-refractivity contribution < 1.29 is 15.0 Å². The first-order valence-corrected chi connectivity index (χ1v) is 4.62. The smallest absolute Gasteiger partial charge is 0.220 e. The number of nitrogens with one attached hydrogen (secondary N) is 1. The molecule has 0 radical (unpaired) electrons. The van der Waals surface area contributed by atoms with Crippen molar-refractivity contribution in [3.05, 3.63) is 23.9 Å². The first-order valence-electron chi connectivity index (χ1n) is 4.62. The van der Waals surface area contributed by atoms with E-state index < -0.39 is 18.1 Å². The number of primary amides is 1. The van der Waals surface area contributed by atoms with Crippen LogP contribution >= 0.6 is 0 Å². The van der Waals surface area contributed by atoms with Gasteiger partial charge >= 0.3 is 0 Å². The molecule has 0 saturated carbocycles. The van der Waals surface area contributed by atoms with Gasteiger partial charge in [0.2, 0.25) is 5.91 Å². The highest BCUT2D eigenvalue weighted by Crippen LogP contribution is 2.18. The van der Waals surface area contributed by atoms with Gasteiger partial charge in [-0.2, -0.15) is 0 Å². The van der Waals surface area contributed by atoms with Crippen molar-refractivity contribution in [1.82, 2.24) is 4.98 Å². The van der Waals surface area contributed by atoms with Gasteiger partial charge in [-0.3, -0.25) is 4.79 Å². The number of aliphatic hydroxyl groups is 2. The minimum absolute atomic E-state index is 0.212. The van der Waals surface area contributed by atoms with Gasteiger partial charge in [0.1, 0.15) is 11.9 Å². The van der Waals surface area contributed by atoms with E-state index in [9.17, 15) is 15.0 Å².